The van der Waals surface area contributed by atoms with Crippen LogP contribution in [0.3, 0.4) is 0 Å². The van der Waals surface area contributed by atoms with E-state index in [0.717, 1.165) is 42.4 Å². The molecule has 1 aromatic heterocycles. The van der Waals surface area contributed by atoms with Gasteiger partial charge in [-0.05, 0) is 56.2 Å². The van der Waals surface area contributed by atoms with Gasteiger partial charge in [0.05, 0.1) is 12.0 Å². The van der Waals surface area contributed by atoms with Crippen LogP contribution in [0.2, 0.25) is 0 Å². The SMILES string of the molecule is Cc1ccccc1CC(=O)O[C@@H](C)C(=O)Nc1sc2c(c1C#N)CCCCC2. The highest BCUT2D eigenvalue weighted by atomic mass is 32.1. The molecule has 1 N–H and O–H groups in total. The Kier molecular flexibility index (Phi) is 6.48. The van der Waals surface area contributed by atoms with Crippen LogP contribution < -0.4 is 5.32 Å². The zero-order chi connectivity index (χ0) is 20.1. The molecule has 1 aromatic carbocycles. The fraction of sp³-hybridized carbons (Fsp3) is 0.409. The van der Waals surface area contributed by atoms with Gasteiger partial charge in [0.25, 0.3) is 5.91 Å². The van der Waals surface area contributed by atoms with E-state index in [-0.39, 0.29) is 6.42 Å². The summed E-state index contributed by atoms with van der Waals surface area (Å²) in [5.41, 5.74) is 3.53. The second-order valence-electron chi connectivity index (χ2n) is 7.10. The molecule has 5 nitrogen and oxygen atoms in total. The molecule has 1 aliphatic carbocycles. The fourth-order valence-electron chi connectivity index (χ4n) is 3.42. The number of rotatable bonds is 5. The van der Waals surface area contributed by atoms with Crippen LogP contribution in [-0.4, -0.2) is 18.0 Å². The number of anilines is 1. The minimum atomic E-state index is -0.926. The van der Waals surface area contributed by atoms with E-state index in [4.69, 9.17) is 4.74 Å². The maximum Gasteiger partial charge on any atom is 0.311 e. The lowest BCUT2D eigenvalue weighted by atomic mass is 10.1. The third-order valence-corrected chi connectivity index (χ3v) is 6.25. The minimum Gasteiger partial charge on any atom is -0.452 e. The third-order valence-electron chi connectivity index (χ3n) is 5.04. The van der Waals surface area contributed by atoms with E-state index in [0.29, 0.717) is 10.6 Å². The Morgan fingerprint density at radius 3 is 2.75 bits per heavy atom. The number of thiophene rings is 1. The van der Waals surface area contributed by atoms with Gasteiger partial charge in [-0.1, -0.05) is 30.7 Å². The Morgan fingerprint density at radius 2 is 2.00 bits per heavy atom. The van der Waals surface area contributed by atoms with Crippen LogP contribution in [-0.2, 0) is 33.6 Å². The van der Waals surface area contributed by atoms with Crippen molar-refractivity contribution in [3.63, 3.8) is 0 Å². The number of aryl methyl sites for hydroxylation is 2. The van der Waals surface area contributed by atoms with Crippen LogP contribution in [0.25, 0.3) is 0 Å². The lowest BCUT2D eigenvalue weighted by Gasteiger charge is -2.13. The van der Waals surface area contributed by atoms with Gasteiger partial charge in [0.2, 0.25) is 0 Å². The molecule has 146 valence electrons. The van der Waals surface area contributed by atoms with Gasteiger partial charge in [-0.25, -0.2) is 0 Å². The normalized spacial score (nSPS) is 14.3. The van der Waals surface area contributed by atoms with Gasteiger partial charge in [0.15, 0.2) is 6.10 Å². The van der Waals surface area contributed by atoms with Gasteiger partial charge < -0.3 is 10.1 Å². The second kappa shape index (κ2) is 9.03. The molecule has 0 bridgehead atoms. The maximum atomic E-state index is 12.5. The van der Waals surface area contributed by atoms with Gasteiger partial charge in [0.1, 0.15) is 11.1 Å². The number of fused-ring (bicyclic) bond motifs is 1. The summed E-state index contributed by atoms with van der Waals surface area (Å²) < 4.78 is 5.31. The van der Waals surface area contributed by atoms with Crippen LogP contribution in [0.5, 0.6) is 0 Å². The van der Waals surface area contributed by atoms with Gasteiger partial charge in [0, 0.05) is 4.88 Å². The van der Waals surface area contributed by atoms with Crippen LogP contribution in [0.15, 0.2) is 24.3 Å². The zero-order valence-electron chi connectivity index (χ0n) is 16.2. The van der Waals surface area contributed by atoms with E-state index in [1.54, 1.807) is 6.92 Å². The van der Waals surface area contributed by atoms with Crippen LogP contribution in [0, 0.1) is 18.3 Å². The lowest BCUT2D eigenvalue weighted by Crippen LogP contribution is -2.30. The summed E-state index contributed by atoms with van der Waals surface area (Å²) in [6.07, 6.45) is 4.38. The Bertz CT molecular complexity index is 926. The van der Waals surface area contributed by atoms with Crippen molar-refractivity contribution in [2.24, 2.45) is 0 Å². The molecule has 2 aromatic rings. The number of hydrogen-bond acceptors (Lipinski definition) is 5. The largest absolute Gasteiger partial charge is 0.452 e. The number of benzene rings is 1. The van der Waals surface area contributed by atoms with Gasteiger partial charge in [-0.15, -0.1) is 11.3 Å². The van der Waals surface area contributed by atoms with E-state index < -0.39 is 18.0 Å². The predicted molar refractivity (Wildman–Crippen MR) is 109 cm³/mol. The first-order chi connectivity index (χ1) is 13.5. The molecule has 1 amide bonds. The average Bonchev–Trinajstić information content (AvgIpc) is 2.83. The monoisotopic (exact) mass is 396 g/mol. The van der Waals surface area contributed by atoms with E-state index >= 15 is 0 Å². The molecule has 1 aliphatic rings. The lowest BCUT2D eigenvalue weighted by molar-refractivity contribution is -0.152. The summed E-state index contributed by atoms with van der Waals surface area (Å²) in [6, 6.07) is 9.83. The number of carbonyl (C=O) groups is 2. The Morgan fingerprint density at radius 1 is 1.25 bits per heavy atom. The molecule has 0 fully saturated rings. The molecular weight excluding hydrogens is 372 g/mol. The molecule has 0 saturated carbocycles. The first-order valence-electron chi connectivity index (χ1n) is 9.59. The van der Waals surface area contributed by atoms with Crippen molar-refractivity contribution in [3.05, 3.63) is 51.4 Å². The first-order valence-corrected chi connectivity index (χ1v) is 10.4. The molecule has 0 saturated heterocycles. The topological polar surface area (TPSA) is 79.2 Å². The highest BCUT2D eigenvalue weighted by molar-refractivity contribution is 7.16. The fourth-order valence-corrected chi connectivity index (χ4v) is 4.66. The molecule has 1 atom stereocenters. The summed E-state index contributed by atoms with van der Waals surface area (Å²) in [5.74, 6) is -0.856. The third kappa shape index (κ3) is 4.60. The quantitative estimate of drug-likeness (QED) is 0.603. The van der Waals surface area contributed by atoms with Crippen molar-refractivity contribution in [1.82, 2.24) is 0 Å². The number of nitrogens with one attached hydrogen (secondary N) is 1. The van der Waals surface area contributed by atoms with Crippen LogP contribution in [0.1, 0.15) is 53.3 Å². The number of esters is 1. The smallest absolute Gasteiger partial charge is 0.311 e. The summed E-state index contributed by atoms with van der Waals surface area (Å²) in [6.45, 7) is 3.48. The van der Waals surface area contributed by atoms with E-state index in [9.17, 15) is 14.9 Å². The minimum absolute atomic E-state index is 0.126. The Hall–Kier alpha value is -2.65. The van der Waals surface area contributed by atoms with Crippen molar-refractivity contribution in [1.29, 1.82) is 5.26 Å². The number of ether oxygens (including phenoxy) is 1. The summed E-state index contributed by atoms with van der Waals surface area (Å²) in [4.78, 5) is 25.9. The van der Waals surface area contributed by atoms with E-state index in [2.05, 4.69) is 11.4 Å². The first kappa shape index (κ1) is 20.1. The molecular formula is C22H24N2O3S. The Labute approximate surface area is 169 Å². The van der Waals surface area contributed by atoms with Crippen molar-refractivity contribution in [3.8, 4) is 6.07 Å². The summed E-state index contributed by atoms with van der Waals surface area (Å²) >= 11 is 1.47. The van der Waals surface area contributed by atoms with Crippen molar-refractivity contribution in [2.75, 3.05) is 5.32 Å². The van der Waals surface area contributed by atoms with E-state index in [1.165, 1.54) is 22.6 Å². The average molecular weight is 397 g/mol. The van der Waals surface area contributed by atoms with Crippen LogP contribution >= 0.6 is 11.3 Å². The number of hydrogen-bond donors (Lipinski definition) is 1. The molecule has 0 radical (unpaired) electrons. The Balaban J connectivity index is 1.64. The van der Waals surface area contributed by atoms with Gasteiger partial charge in [-0.2, -0.15) is 5.26 Å². The predicted octanol–water partition coefficient (Wildman–Crippen LogP) is 4.31. The molecule has 0 aliphatic heterocycles. The summed E-state index contributed by atoms with van der Waals surface area (Å²) in [5, 5.41) is 12.9. The number of nitriles is 1. The molecule has 28 heavy (non-hydrogen) atoms. The number of nitrogens with zero attached hydrogens (tertiary/aromatic N) is 1. The van der Waals surface area contributed by atoms with Gasteiger partial charge in [-0.3, -0.25) is 9.59 Å². The maximum absolute atomic E-state index is 12.5. The second-order valence-corrected chi connectivity index (χ2v) is 8.21. The highest BCUT2D eigenvalue weighted by Gasteiger charge is 2.24. The zero-order valence-corrected chi connectivity index (χ0v) is 17.0. The highest BCUT2D eigenvalue weighted by Crippen LogP contribution is 2.37. The standard InChI is InChI=1S/C22H24N2O3S/c1-14-8-6-7-9-16(14)12-20(25)27-15(2)21(26)24-22-18(13-23)17-10-4-3-5-11-19(17)28-22/h6-9,15H,3-5,10-12H2,1-2H3,(H,24,26)/t15-/m0/s1. The molecule has 0 spiro atoms. The van der Waals surface area contributed by atoms with E-state index in [1.807, 2.05) is 31.2 Å². The van der Waals surface area contributed by atoms with Crippen molar-refractivity contribution < 1.29 is 14.3 Å². The number of carbonyl (C=O) groups excluding carboxylic acids is 2. The van der Waals surface area contributed by atoms with Crippen LogP contribution in [0.4, 0.5) is 5.00 Å². The molecule has 1 heterocycles. The van der Waals surface area contributed by atoms with Gasteiger partial charge >= 0.3 is 5.97 Å². The molecule has 6 heteroatoms. The van der Waals surface area contributed by atoms with Crippen molar-refractivity contribution >= 4 is 28.2 Å². The van der Waals surface area contributed by atoms with Crippen molar-refractivity contribution in [2.45, 2.75) is 58.5 Å². The number of amides is 1. The summed E-state index contributed by atoms with van der Waals surface area (Å²) in [7, 11) is 0. The molecule has 3 rings (SSSR count). The molecule has 0 unspecified atom stereocenters.